The molecule has 1 aromatic carbocycles. The second-order valence-corrected chi connectivity index (χ2v) is 6.25. The molecule has 21 heavy (non-hydrogen) atoms. The lowest BCUT2D eigenvalue weighted by Crippen LogP contribution is -2.30. The third-order valence-corrected chi connectivity index (χ3v) is 4.90. The molecule has 0 atom stereocenters. The molecule has 0 bridgehead atoms. The van der Waals surface area contributed by atoms with E-state index in [0.29, 0.717) is 5.56 Å². The monoisotopic (exact) mass is 308 g/mol. The van der Waals surface area contributed by atoms with Crippen molar-refractivity contribution in [2.45, 2.75) is 18.4 Å². The standard InChI is InChI=1S/C14H13FN2O3S/c1-2-17(9-11-5-6-20-10-11)21(18,19)13-3-4-14(15)12(7-13)8-16/h3-7,10H,2,9H2,1H3. The van der Waals surface area contributed by atoms with Gasteiger partial charge in [-0.2, -0.15) is 9.57 Å². The fourth-order valence-corrected chi connectivity index (χ4v) is 3.32. The van der Waals surface area contributed by atoms with E-state index in [1.165, 1.54) is 16.8 Å². The summed E-state index contributed by atoms with van der Waals surface area (Å²) in [5.41, 5.74) is 0.415. The molecule has 0 saturated heterocycles. The van der Waals surface area contributed by atoms with E-state index in [4.69, 9.17) is 9.68 Å². The van der Waals surface area contributed by atoms with E-state index in [9.17, 15) is 12.8 Å². The Bertz CT molecular complexity index is 764. The van der Waals surface area contributed by atoms with E-state index < -0.39 is 15.8 Å². The molecule has 1 aromatic heterocycles. The Hall–Kier alpha value is -2.17. The molecule has 2 rings (SSSR count). The number of sulfonamides is 1. The van der Waals surface area contributed by atoms with Crippen LogP contribution < -0.4 is 0 Å². The summed E-state index contributed by atoms with van der Waals surface area (Å²) in [6, 6.07) is 6.49. The lowest BCUT2D eigenvalue weighted by atomic mass is 10.2. The van der Waals surface area contributed by atoms with Crippen LogP contribution >= 0.6 is 0 Å². The van der Waals surface area contributed by atoms with E-state index in [0.717, 1.165) is 18.2 Å². The van der Waals surface area contributed by atoms with Crippen LogP contribution in [0.4, 0.5) is 4.39 Å². The first-order valence-corrected chi connectivity index (χ1v) is 7.64. The molecule has 0 unspecified atom stereocenters. The summed E-state index contributed by atoms with van der Waals surface area (Å²) in [6.45, 7) is 2.09. The van der Waals surface area contributed by atoms with Crippen LogP contribution in [0.2, 0.25) is 0 Å². The van der Waals surface area contributed by atoms with Crippen molar-refractivity contribution in [3.63, 3.8) is 0 Å². The zero-order valence-corrected chi connectivity index (χ0v) is 12.1. The molecule has 0 spiro atoms. The summed E-state index contributed by atoms with van der Waals surface area (Å²) in [5.74, 6) is -0.741. The summed E-state index contributed by atoms with van der Waals surface area (Å²) in [4.78, 5) is -0.106. The van der Waals surface area contributed by atoms with Crippen molar-refractivity contribution in [1.29, 1.82) is 5.26 Å². The van der Waals surface area contributed by atoms with Gasteiger partial charge in [0.2, 0.25) is 10.0 Å². The molecule has 0 amide bonds. The third kappa shape index (κ3) is 3.12. The van der Waals surface area contributed by atoms with Crippen LogP contribution in [0.15, 0.2) is 46.1 Å². The summed E-state index contributed by atoms with van der Waals surface area (Å²) >= 11 is 0. The van der Waals surface area contributed by atoms with Gasteiger partial charge >= 0.3 is 0 Å². The van der Waals surface area contributed by atoms with Crippen LogP contribution in [0.3, 0.4) is 0 Å². The van der Waals surface area contributed by atoms with Crippen molar-refractivity contribution in [3.8, 4) is 6.07 Å². The fourth-order valence-electron chi connectivity index (χ4n) is 1.85. The minimum absolute atomic E-state index is 0.106. The Labute approximate surface area is 122 Å². The number of nitrogens with zero attached hydrogens (tertiary/aromatic N) is 2. The van der Waals surface area contributed by atoms with Gasteiger partial charge in [0, 0.05) is 18.7 Å². The highest BCUT2D eigenvalue weighted by Crippen LogP contribution is 2.20. The number of hydrogen-bond acceptors (Lipinski definition) is 4. The molecule has 0 aliphatic carbocycles. The minimum Gasteiger partial charge on any atom is -0.472 e. The van der Waals surface area contributed by atoms with Crippen molar-refractivity contribution in [3.05, 3.63) is 53.7 Å². The first-order chi connectivity index (χ1) is 9.98. The van der Waals surface area contributed by atoms with Crippen molar-refractivity contribution in [1.82, 2.24) is 4.31 Å². The van der Waals surface area contributed by atoms with Gasteiger partial charge in [0.25, 0.3) is 0 Å². The average molecular weight is 308 g/mol. The van der Waals surface area contributed by atoms with E-state index in [1.54, 1.807) is 19.1 Å². The van der Waals surface area contributed by atoms with Gasteiger partial charge in [0.1, 0.15) is 11.9 Å². The number of furan rings is 1. The Morgan fingerprint density at radius 2 is 2.14 bits per heavy atom. The van der Waals surface area contributed by atoms with Crippen molar-refractivity contribution >= 4 is 10.0 Å². The van der Waals surface area contributed by atoms with Crippen LogP contribution in [0.1, 0.15) is 18.1 Å². The van der Waals surface area contributed by atoms with E-state index >= 15 is 0 Å². The number of rotatable bonds is 5. The van der Waals surface area contributed by atoms with E-state index in [2.05, 4.69) is 0 Å². The predicted molar refractivity (Wildman–Crippen MR) is 73.1 cm³/mol. The van der Waals surface area contributed by atoms with Gasteiger partial charge in [0.15, 0.2) is 0 Å². The molecular formula is C14H13FN2O3S. The van der Waals surface area contributed by atoms with Crippen molar-refractivity contribution in [2.75, 3.05) is 6.54 Å². The van der Waals surface area contributed by atoms with Gasteiger partial charge < -0.3 is 4.42 Å². The van der Waals surface area contributed by atoms with Gasteiger partial charge in [-0.05, 0) is 24.3 Å². The molecule has 2 aromatic rings. The molecular weight excluding hydrogens is 295 g/mol. The van der Waals surface area contributed by atoms with Crippen molar-refractivity contribution < 1.29 is 17.2 Å². The highest BCUT2D eigenvalue weighted by molar-refractivity contribution is 7.89. The highest BCUT2D eigenvalue weighted by atomic mass is 32.2. The molecule has 0 fully saturated rings. The van der Waals surface area contributed by atoms with E-state index in [-0.39, 0.29) is 23.5 Å². The smallest absolute Gasteiger partial charge is 0.243 e. The molecule has 5 nitrogen and oxygen atoms in total. The Balaban J connectivity index is 2.37. The van der Waals surface area contributed by atoms with Crippen LogP contribution in [-0.4, -0.2) is 19.3 Å². The van der Waals surface area contributed by atoms with Crippen LogP contribution in [0.25, 0.3) is 0 Å². The Kier molecular flexibility index (Phi) is 4.40. The van der Waals surface area contributed by atoms with Gasteiger partial charge in [-0.25, -0.2) is 12.8 Å². The van der Waals surface area contributed by atoms with Crippen molar-refractivity contribution in [2.24, 2.45) is 0 Å². The quantitative estimate of drug-likeness (QED) is 0.850. The minimum atomic E-state index is -3.80. The van der Waals surface area contributed by atoms with Gasteiger partial charge in [-0.15, -0.1) is 0 Å². The lowest BCUT2D eigenvalue weighted by Gasteiger charge is -2.19. The highest BCUT2D eigenvalue weighted by Gasteiger charge is 2.24. The zero-order chi connectivity index (χ0) is 15.5. The molecule has 1 heterocycles. The number of benzene rings is 1. The fraction of sp³-hybridized carbons (Fsp3) is 0.214. The molecule has 110 valence electrons. The first kappa shape index (κ1) is 15.2. The molecule has 0 aliphatic heterocycles. The molecule has 0 N–H and O–H groups in total. The Morgan fingerprint density at radius 1 is 1.38 bits per heavy atom. The first-order valence-electron chi connectivity index (χ1n) is 6.20. The molecule has 0 aliphatic rings. The van der Waals surface area contributed by atoms with Gasteiger partial charge in [-0.1, -0.05) is 6.92 Å². The van der Waals surface area contributed by atoms with Gasteiger partial charge in [0.05, 0.1) is 23.0 Å². The molecule has 0 radical (unpaired) electrons. The van der Waals surface area contributed by atoms with Gasteiger partial charge in [-0.3, -0.25) is 0 Å². The summed E-state index contributed by atoms with van der Waals surface area (Å²) in [6.07, 6.45) is 2.92. The summed E-state index contributed by atoms with van der Waals surface area (Å²) in [5, 5.41) is 8.80. The predicted octanol–water partition coefficient (Wildman–Crippen LogP) is 2.50. The number of hydrogen-bond donors (Lipinski definition) is 0. The Morgan fingerprint density at radius 3 is 2.71 bits per heavy atom. The zero-order valence-electron chi connectivity index (χ0n) is 11.3. The summed E-state index contributed by atoms with van der Waals surface area (Å²) < 4.78 is 44.5. The molecule has 7 heteroatoms. The van der Waals surface area contributed by atoms with Crippen LogP contribution in [-0.2, 0) is 16.6 Å². The maximum atomic E-state index is 13.3. The van der Waals surface area contributed by atoms with Crippen LogP contribution in [0, 0.1) is 17.1 Å². The lowest BCUT2D eigenvalue weighted by molar-refractivity contribution is 0.421. The maximum absolute atomic E-state index is 13.3. The normalized spacial score (nSPS) is 11.5. The topological polar surface area (TPSA) is 74.3 Å². The molecule has 0 saturated carbocycles. The number of halogens is 1. The second kappa shape index (κ2) is 6.08. The van der Waals surface area contributed by atoms with Crippen LogP contribution in [0.5, 0.6) is 0 Å². The van der Waals surface area contributed by atoms with E-state index in [1.807, 2.05) is 0 Å². The SMILES string of the molecule is CCN(Cc1ccoc1)S(=O)(=O)c1ccc(F)c(C#N)c1. The number of nitriles is 1. The second-order valence-electron chi connectivity index (χ2n) is 4.32. The summed E-state index contributed by atoms with van der Waals surface area (Å²) in [7, 11) is -3.80. The third-order valence-electron chi connectivity index (χ3n) is 2.99. The maximum Gasteiger partial charge on any atom is 0.243 e. The largest absolute Gasteiger partial charge is 0.472 e. The average Bonchev–Trinajstić information content (AvgIpc) is 2.97.